The van der Waals surface area contributed by atoms with Crippen molar-refractivity contribution in [1.29, 1.82) is 0 Å². The van der Waals surface area contributed by atoms with Crippen LogP contribution in [0.3, 0.4) is 0 Å². The van der Waals surface area contributed by atoms with Crippen molar-refractivity contribution in [3.8, 4) is 5.75 Å². The summed E-state index contributed by atoms with van der Waals surface area (Å²) in [5.74, 6) is 0.825. The number of benzene rings is 1. The van der Waals surface area contributed by atoms with Gasteiger partial charge in [0.2, 0.25) is 0 Å². The number of rotatable bonds is 4. The van der Waals surface area contributed by atoms with E-state index in [0.717, 1.165) is 27.2 Å². The van der Waals surface area contributed by atoms with Crippen LogP contribution in [-0.4, -0.2) is 6.10 Å². The lowest BCUT2D eigenvalue weighted by Gasteiger charge is -2.15. The molecule has 0 N–H and O–H groups in total. The highest BCUT2D eigenvalue weighted by Crippen LogP contribution is 2.33. The molecule has 0 heterocycles. The van der Waals surface area contributed by atoms with Crippen molar-refractivity contribution in [2.24, 2.45) is 0 Å². The molecule has 0 radical (unpaired) electrons. The first-order valence-corrected chi connectivity index (χ1v) is 5.95. The molecular weight excluding hydrogens is 275 g/mol. The molecule has 0 aliphatic rings. The summed E-state index contributed by atoms with van der Waals surface area (Å²) in [5, 5.41) is 0.741. The van der Waals surface area contributed by atoms with E-state index in [1.165, 1.54) is 0 Å². The summed E-state index contributed by atoms with van der Waals surface area (Å²) in [6.07, 6.45) is 2.80. The first kappa shape index (κ1) is 12.6. The molecule has 1 unspecified atom stereocenters. The van der Waals surface area contributed by atoms with Crippen LogP contribution in [0.5, 0.6) is 5.75 Å². The molecule has 0 aliphatic heterocycles. The van der Waals surface area contributed by atoms with Gasteiger partial charge >= 0.3 is 0 Å². The summed E-state index contributed by atoms with van der Waals surface area (Å²) in [4.78, 5) is 0. The summed E-state index contributed by atoms with van der Waals surface area (Å²) in [6, 6.07) is 3.72. The Morgan fingerprint density at radius 3 is 2.87 bits per heavy atom. The Morgan fingerprint density at radius 2 is 2.27 bits per heavy atom. The monoisotopic (exact) mass is 288 g/mol. The normalized spacial score (nSPS) is 12.3. The second kappa shape index (κ2) is 5.57. The second-order valence-corrected chi connectivity index (χ2v) is 4.64. The third kappa shape index (κ3) is 3.25. The number of halogens is 2. The van der Waals surface area contributed by atoms with Crippen LogP contribution in [0.4, 0.5) is 0 Å². The minimum Gasteiger partial charge on any atom is -0.489 e. The quantitative estimate of drug-likeness (QED) is 0.727. The van der Waals surface area contributed by atoms with Crippen LogP contribution in [0.15, 0.2) is 29.3 Å². The van der Waals surface area contributed by atoms with Crippen molar-refractivity contribution in [3.05, 3.63) is 39.8 Å². The third-order valence-corrected chi connectivity index (χ3v) is 3.51. The molecule has 0 fully saturated rings. The SMILES string of the molecule is C=CCC(C)Oc1ccc(Cl)c(C)c1Br. The highest BCUT2D eigenvalue weighted by atomic mass is 79.9. The van der Waals surface area contributed by atoms with E-state index >= 15 is 0 Å². The molecule has 1 aromatic carbocycles. The largest absolute Gasteiger partial charge is 0.489 e. The van der Waals surface area contributed by atoms with Crippen LogP contribution in [0.2, 0.25) is 5.02 Å². The molecule has 0 aliphatic carbocycles. The number of hydrogen-bond donors (Lipinski definition) is 0. The van der Waals surface area contributed by atoms with Crippen LogP contribution in [0.25, 0.3) is 0 Å². The van der Waals surface area contributed by atoms with E-state index in [0.29, 0.717) is 0 Å². The predicted octanol–water partition coefficient (Wildman–Crippen LogP) is 4.75. The number of hydrogen-bond acceptors (Lipinski definition) is 1. The highest BCUT2D eigenvalue weighted by Gasteiger charge is 2.09. The Labute approximate surface area is 104 Å². The van der Waals surface area contributed by atoms with Gasteiger partial charge in [0.15, 0.2) is 0 Å². The van der Waals surface area contributed by atoms with E-state index in [2.05, 4.69) is 22.5 Å². The Balaban J connectivity index is 2.86. The summed E-state index contributed by atoms with van der Waals surface area (Å²) in [5.41, 5.74) is 1.000. The Bertz CT molecular complexity index is 363. The van der Waals surface area contributed by atoms with Crippen LogP contribution >= 0.6 is 27.5 Å². The van der Waals surface area contributed by atoms with Gasteiger partial charge in [-0.25, -0.2) is 0 Å². The summed E-state index contributed by atoms with van der Waals surface area (Å²) in [6.45, 7) is 7.65. The fourth-order valence-corrected chi connectivity index (χ4v) is 1.94. The van der Waals surface area contributed by atoms with Crippen LogP contribution in [-0.2, 0) is 0 Å². The van der Waals surface area contributed by atoms with E-state index in [1.807, 2.05) is 32.1 Å². The average molecular weight is 290 g/mol. The summed E-state index contributed by atoms with van der Waals surface area (Å²) < 4.78 is 6.67. The standard InChI is InChI=1S/C12H14BrClO/c1-4-5-8(2)15-11-7-6-10(14)9(3)12(11)13/h4,6-8H,1,5H2,2-3H3. The second-order valence-electron chi connectivity index (χ2n) is 3.44. The van der Waals surface area contributed by atoms with Crippen molar-refractivity contribution in [3.63, 3.8) is 0 Å². The smallest absolute Gasteiger partial charge is 0.134 e. The average Bonchev–Trinajstić information content (AvgIpc) is 2.20. The van der Waals surface area contributed by atoms with Gasteiger partial charge in [-0.1, -0.05) is 17.7 Å². The first-order valence-electron chi connectivity index (χ1n) is 4.78. The van der Waals surface area contributed by atoms with E-state index in [1.54, 1.807) is 0 Å². The minimum absolute atomic E-state index is 0.124. The maximum Gasteiger partial charge on any atom is 0.134 e. The molecule has 15 heavy (non-hydrogen) atoms. The lowest BCUT2D eigenvalue weighted by Crippen LogP contribution is -2.10. The molecule has 82 valence electrons. The summed E-state index contributed by atoms with van der Waals surface area (Å²) >= 11 is 9.46. The van der Waals surface area contributed by atoms with Gasteiger partial charge < -0.3 is 4.74 Å². The van der Waals surface area contributed by atoms with E-state index < -0.39 is 0 Å². The molecule has 3 heteroatoms. The van der Waals surface area contributed by atoms with Crippen molar-refractivity contribution < 1.29 is 4.74 Å². The summed E-state index contributed by atoms with van der Waals surface area (Å²) in [7, 11) is 0. The zero-order chi connectivity index (χ0) is 11.4. The lowest BCUT2D eigenvalue weighted by atomic mass is 10.2. The van der Waals surface area contributed by atoms with Gasteiger partial charge in [-0.05, 0) is 47.5 Å². The fourth-order valence-electron chi connectivity index (χ4n) is 1.23. The van der Waals surface area contributed by atoms with Crippen molar-refractivity contribution in [2.45, 2.75) is 26.4 Å². The molecule has 0 saturated heterocycles. The van der Waals surface area contributed by atoms with Gasteiger partial charge in [0.05, 0.1) is 10.6 Å². The predicted molar refractivity (Wildman–Crippen MR) is 68.8 cm³/mol. The number of ether oxygens (including phenoxy) is 1. The molecule has 1 aromatic rings. The molecule has 1 atom stereocenters. The van der Waals surface area contributed by atoms with E-state index in [-0.39, 0.29) is 6.10 Å². The van der Waals surface area contributed by atoms with Gasteiger partial charge in [0.1, 0.15) is 5.75 Å². The Morgan fingerprint density at radius 1 is 1.60 bits per heavy atom. The molecule has 1 rings (SSSR count). The van der Waals surface area contributed by atoms with Crippen molar-refractivity contribution in [1.82, 2.24) is 0 Å². The van der Waals surface area contributed by atoms with Gasteiger partial charge in [-0.15, -0.1) is 6.58 Å². The molecular formula is C12H14BrClO. The van der Waals surface area contributed by atoms with E-state index in [9.17, 15) is 0 Å². The maximum atomic E-state index is 5.98. The fraction of sp³-hybridized carbons (Fsp3) is 0.333. The molecule has 0 aromatic heterocycles. The van der Waals surface area contributed by atoms with Crippen molar-refractivity contribution >= 4 is 27.5 Å². The zero-order valence-corrected chi connectivity index (χ0v) is 11.2. The highest BCUT2D eigenvalue weighted by molar-refractivity contribution is 9.10. The first-order chi connectivity index (χ1) is 7.06. The van der Waals surface area contributed by atoms with E-state index in [4.69, 9.17) is 16.3 Å². The van der Waals surface area contributed by atoms with Crippen molar-refractivity contribution in [2.75, 3.05) is 0 Å². The molecule has 0 bridgehead atoms. The molecule has 1 nitrogen and oxygen atoms in total. The van der Waals surface area contributed by atoms with Crippen LogP contribution in [0.1, 0.15) is 18.9 Å². The van der Waals surface area contributed by atoms with Gasteiger partial charge in [0, 0.05) is 11.4 Å². The molecule has 0 saturated carbocycles. The topological polar surface area (TPSA) is 9.23 Å². The Hall–Kier alpha value is -0.470. The third-order valence-electron chi connectivity index (χ3n) is 2.11. The van der Waals surface area contributed by atoms with Crippen LogP contribution < -0.4 is 4.74 Å². The zero-order valence-electron chi connectivity index (χ0n) is 8.89. The maximum absolute atomic E-state index is 5.98. The van der Waals surface area contributed by atoms with Gasteiger partial charge in [-0.3, -0.25) is 0 Å². The molecule has 0 spiro atoms. The lowest BCUT2D eigenvalue weighted by molar-refractivity contribution is 0.224. The minimum atomic E-state index is 0.124. The molecule has 0 amide bonds. The van der Waals surface area contributed by atoms with Gasteiger partial charge in [-0.2, -0.15) is 0 Å². The van der Waals surface area contributed by atoms with Gasteiger partial charge in [0.25, 0.3) is 0 Å². The Kier molecular flexibility index (Phi) is 4.68. The van der Waals surface area contributed by atoms with Crippen LogP contribution in [0, 0.1) is 6.92 Å².